The minimum Gasteiger partial charge on any atom is -0.383 e. The lowest BCUT2D eigenvalue weighted by Crippen LogP contribution is -2.27. The molecule has 0 aliphatic heterocycles. The van der Waals surface area contributed by atoms with Gasteiger partial charge in [0.15, 0.2) is 5.78 Å². The second-order valence-corrected chi connectivity index (χ2v) is 6.95. The Hall–Kier alpha value is -2.47. The Bertz CT molecular complexity index is 824. The molecule has 1 aliphatic carbocycles. The van der Waals surface area contributed by atoms with Crippen LogP contribution in [0.3, 0.4) is 0 Å². The highest BCUT2D eigenvalue weighted by Crippen LogP contribution is 2.32. The third kappa shape index (κ3) is 3.29. The largest absolute Gasteiger partial charge is 0.383 e. The summed E-state index contributed by atoms with van der Waals surface area (Å²) in [6, 6.07) is 7.25. The van der Waals surface area contributed by atoms with E-state index in [-0.39, 0.29) is 17.6 Å². The number of methoxy groups -OCH3 is 1. The molecule has 6 heteroatoms. The maximum atomic E-state index is 12.6. The molecule has 3 rings (SSSR count). The molecule has 1 aromatic heterocycles. The summed E-state index contributed by atoms with van der Waals surface area (Å²) in [5.41, 5.74) is 3.92. The molecule has 2 atom stereocenters. The van der Waals surface area contributed by atoms with Crippen LogP contribution < -0.4 is 5.32 Å². The summed E-state index contributed by atoms with van der Waals surface area (Å²) in [4.78, 5) is 24.7. The van der Waals surface area contributed by atoms with E-state index in [1.54, 1.807) is 23.9 Å². The van der Waals surface area contributed by atoms with Crippen molar-refractivity contribution in [3.8, 4) is 5.69 Å². The highest BCUT2D eigenvalue weighted by molar-refractivity contribution is 6.01. The first-order valence-electron chi connectivity index (χ1n) is 8.94. The Morgan fingerprint density at radius 2 is 2.00 bits per heavy atom. The molecule has 1 N–H and O–H groups in total. The van der Waals surface area contributed by atoms with Crippen molar-refractivity contribution in [1.29, 1.82) is 0 Å². The van der Waals surface area contributed by atoms with E-state index in [1.807, 2.05) is 26.0 Å². The number of nitrogens with zero attached hydrogens (tertiary/aromatic N) is 2. The van der Waals surface area contributed by atoms with E-state index >= 15 is 0 Å². The zero-order chi connectivity index (χ0) is 18.8. The fraction of sp³-hybridized carbons (Fsp3) is 0.450. The highest BCUT2D eigenvalue weighted by Gasteiger charge is 2.34. The van der Waals surface area contributed by atoms with Crippen molar-refractivity contribution in [1.82, 2.24) is 15.1 Å². The first-order chi connectivity index (χ1) is 12.4. The van der Waals surface area contributed by atoms with E-state index in [0.717, 1.165) is 29.1 Å². The van der Waals surface area contributed by atoms with Crippen LogP contribution in [0.15, 0.2) is 24.3 Å². The highest BCUT2D eigenvalue weighted by atomic mass is 16.5. The van der Waals surface area contributed by atoms with Crippen LogP contribution in [0.4, 0.5) is 0 Å². The van der Waals surface area contributed by atoms with E-state index in [0.29, 0.717) is 24.6 Å². The summed E-state index contributed by atoms with van der Waals surface area (Å²) in [6.45, 7) is 6.96. The van der Waals surface area contributed by atoms with Crippen LogP contribution in [-0.4, -0.2) is 41.7 Å². The molecule has 1 heterocycles. The number of rotatable bonds is 5. The van der Waals surface area contributed by atoms with Crippen LogP contribution in [0, 0.1) is 18.8 Å². The Morgan fingerprint density at radius 3 is 2.65 bits per heavy atom. The molecule has 138 valence electrons. The van der Waals surface area contributed by atoms with Crippen molar-refractivity contribution in [2.24, 2.45) is 11.8 Å². The summed E-state index contributed by atoms with van der Waals surface area (Å²) in [5.74, 6) is 0.368. The summed E-state index contributed by atoms with van der Waals surface area (Å²) in [6.07, 6.45) is 0.816. The molecule has 0 radical (unpaired) electrons. The lowest BCUT2D eigenvalue weighted by atomic mass is 9.79. The first kappa shape index (κ1) is 18.3. The van der Waals surface area contributed by atoms with Gasteiger partial charge in [0.25, 0.3) is 5.91 Å². The molecule has 26 heavy (non-hydrogen) atoms. The number of benzene rings is 1. The topological polar surface area (TPSA) is 73.2 Å². The third-order valence-corrected chi connectivity index (χ3v) is 5.18. The van der Waals surface area contributed by atoms with Crippen LogP contribution in [0.2, 0.25) is 0 Å². The van der Waals surface area contributed by atoms with Crippen molar-refractivity contribution in [2.75, 3.05) is 20.3 Å². The van der Waals surface area contributed by atoms with Crippen molar-refractivity contribution in [3.05, 3.63) is 46.8 Å². The summed E-state index contributed by atoms with van der Waals surface area (Å²) < 4.78 is 6.73. The van der Waals surface area contributed by atoms with Crippen LogP contribution >= 0.6 is 0 Å². The number of carbonyl (C=O) groups is 2. The molecular weight excluding hydrogens is 330 g/mol. The van der Waals surface area contributed by atoms with E-state index < -0.39 is 0 Å². The molecule has 6 nitrogen and oxygen atoms in total. The zero-order valence-electron chi connectivity index (χ0n) is 15.7. The molecule has 1 aliphatic rings. The van der Waals surface area contributed by atoms with Crippen molar-refractivity contribution in [2.45, 2.75) is 27.2 Å². The van der Waals surface area contributed by atoms with Crippen LogP contribution in [0.25, 0.3) is 5.69 Å². The quantitative estimate of drug-likeness (QED) is 0.837. The van der Waals surface area contributed by atoms with Gasteiger partial charge >= 0.3 is 0 Å². The predicted octanol–water partition coefficient (Wildman–Crippen LogP) is 2.57. The van der Waals surface area contributed by atoms with E-state index in [4.69, 9.17) is 4.74 Å². The van der Waals surface area contributed by atoms with Gasteiger partial charge in [0.2, 0.25) is 0 Å². The molecular formula is C20H25N3O3. The number of hydrogen-bond donors (Lipinski definition) is 1. The average molecular weight is 355 g/mol. The number of ether oxygens (including phenoxy) is 1. The smallest absolute Gasteiger partial charge is 0.251 e. The summed E-state index contributed by atoms with van der Waals surface area (Å²) in [5, 5.41) is 7.46. The maximum Gasteiger partial charge on any atom is 0.251 e. The zero-order valence-corrected chi connectivity index (χ0v) is 15.7. The number of nitrogens with one attached hydrogen (secondary N) is 1. The second-order valence-electron chi connectivity index (χ2n) is 6.95. The van der Waals surface area contributed by atoms with Crippen molar-refractivity contribution < 1.29 is 14.3 Å². The minimum absolute atomic E-state index is 0.0250. The van der Waals surface area contributed by atoms with Crippen LogP contribution in [0.5, 0.6) is 0 Å². The first-order valence-corrected chi connectivity index (χ1v) is 8.94. The summed E-state index contributed by atoms with van der Waals surface area (Å²) in [7, 11) is 1.60. The Kier molecular flexibility index (Phi) is 5.23. The Balaban J connectivity index is 1.85. The molecule has 0 saturated heterocycles. The van der Waals surface area contributed by atoms with Gasteiger partial charge in [0.05, 0.1) is 29.2 Å². The number of Topliss-reactive ketones (excluding diaryl/α,β-unsaturated/α-hetero) is 1. The fourth-order valence-electron chi connectivity index (χ4n) is 3.37. The van der Waals surface area contributed by atoms with Gasteiger partial charge in [-0.25, -0.2) is 4.68 Å². The molecule has 1 aromatic carbocycles. The average Bonchev–Trinajstić information content (AvgIpc) is 2.96. The van der Waals surface area contributed by atoms with Gasteiger partial charge in [0, 0.05) is 25.1 Å². The second kappa shape index (κ2) is 7.41. The SMILES string of the molecule is COCCNC(=O)c1ccc(-n2nc3c(c2C)C(=O)C(C)C(C)C3)cc1. The minimum atomic E-state index is -0.136. The molecule has 1 amide bonds. The molecule has 2 unspecified atom stereocenters. The molecule has 0 spiro atoms. The van der Waals surface area contributed by atoms with Crippen LogP contribution in [0.1, 0.15) is 46.0 Å². The Labute approximate surface area is 153 Å². The van der Waals surface area contributed by atoms with Gasteiger partial charge in [-0.3, -0.25) is 9.59 Å². The van der Waals surface area contributed by atoms with Gasteiger partial charge in [-0.05, 0) is 43.5 Å². The van der Waals surface area contributed by atoms with Gasteiger partial charge in [-0.1, -0.05) is 13.8 Å². The van der Waals surface area contributed by atoms with E-state index in [9.17, 15) is 9.59 Å². The number of amides is 1. The van der Waals surface area contributed by atoms with Gasteiger partial charge < -0.3 is 10.1 Å². The number of carbonyl (C=O) groups excluding carboxylic acids is 2. The van der Waals surface area contributed by atoms with Gasteiger partial charge in [-0.2, -0.15) is 5.10 Å². The number of hydrogen-bond acceptors (Lipinski definition) is 4. The molecule has 0 fully saturated rings. The number of aromatic nitrogens is 2. The van der Waals surface area contributed by atoms with E-state index in [2.05, 4.69) is 17.3 Å². The van der Waals surface area contributed by atoms with Crippen LogP contribution in [-0.2, 0) is 11.2 Å². The predicted molar refractivity (Wildman–Crippen MR) is 98.9 cm³/mol. The third-order valence-electron chi connectivity index (χ3n) is 5.18. The van der Waals surface area contributed by atoms with Crippen molar-refractivity contribution in [3.63, 3.8) is 0 Å². The normalized spacial score (nSPS) is 19.3. The van der Waals surface area contributed by atoms with Crippen molar-refractivity contribution >= 4 is 11.7 Å². The van der Waals surface area contributed by atoms with Gasteiger partial charge in [0.1, 0.15) is 0 Å². The lowest BCUT2D eigenvalue weighted by Gasteiger charge is -2.23. The molecule has 0 saturated carbocycles. The lowest BCUT2D eigenvalue weighted by molar-refractivity contribution is 0.0875. The Morgan fingerprint density at radius 1 is 1.31 bits per heavy atom. The number of ketones is 1. The molecule has 0 bridgehead atoms. The molecule has 2 aromatic rings. The maximum absolute atomic E-state index is 12.6. The fourth-order valence-corrected chi connectivity index (χ4v) is 3.37. The van der Waals surface area contributed by atoms with Gasteiger partial charge in [-0.15, -0.1) is 0 Å². The standard InChI is InChI=1S/C20H25N3O3/c1-12-11-17-18(19(24)13(12)2)14(3)23(22-17)16-7-5-15(6-8-16)20(25)21-9-10-26-4/h5-8,12-13H,9-11H2,1-4H3,(H,21,25). The van der Waals surface area contributed by atoms with E-state index in [1.165, 1.54) is 0 Å². The monoisotopic (exact) mass is 355 g/mol. The summed E-state index contributed by atoms with van der Waals surface area (Å²) >= 11 is 0. The number of fused-ring (bicyclic) bond motifs is 1.